The van der Waals surface area contributed by atoms with Gasteiger partial charge in [0, 0.05) is 24.4 Å². The molecule has 0 saturated carbocycles. The maximum absolute atomic E-state index is 13.1. The number of rotatable bonds is 6. The number of cyclic esters (lactones) is 1. The van der Waals surface area contributed by atoms with Gasteiger partial charge in [-0.1, -0.05) is 45.4 Å². The van der Waals surface area contributed by atoms with Gasteiger partial charge in [0.1, 0.15) is 12.2 Å². The zero-order valence-corrected chi connectivity index (χ0v) is 26.0. The van der Waals surface area contributed by atoms with Crippen molar-refractivity contribution in [3.8, 4) is 0 Å². The van der Waals surface area contributed by atoms with Crippen LogP contribution in [0.25, 0.3) is 0 Å². The summed E-state index contributed by atoms with van der Waals surface area (Å²) in [5, 5.41) is 43.0. The summed E-state index contributed by atoms with van der Waals surface area (Å²) >= 11 is 0. The normalized spacial score (nSPS) is 42.4. The van der Waals surface area contributed by atoms with Crippen LogP contribution >= 0.6 is 0 Å². The molecule has 0 aromatic heterocycles. The van der Waals surface area contributed by atoms with Crippen molar-refractivity contribution in [2.45, 2.75) is 116 Å². The maximum atomic E-state index is 13.1. The largest absolute Gasteiger partial charge is 0.462 e. The first-order valence-electron chi connectivity index (χ1n) is 14.9. The third-order valence-electron chi connectivity index (χ3n) is 8.61. The fourth-order valence-electron chi connectivity index (χ4n) is 6.02. The lowest BCUT2D eigenvalue weighted by atomic mass is 9.79. The molecule has 0 aromatic rings. The summed E-state index contributed by atoms with van der Waals surface area (Å²) in [6.07, 6.45) is -0.144. The molecule has 10 nitrogen and oxygen atoms in total. The summed E-state index contributed by atoms with van der Waals surface area (Å²) in [4.78, 5) is 27.7. The minimum absolute atomic E-state index is 0.0794. The first kappa shape index (κ1) is 35.5. The highest BCUT2D eigenvalue weighted by atomic mass is 16.7. The molecule has 0 spiro atoms. The quantitative estimate of drug-likeness (QED) is 0.343. The Bertz CT molecular complexity index is 906. The van der Waals surface area contributed by atoms with E-state index in [2.05, 4.69) is 0 Å². The number of ketones is 1. The van der Waals surface area contributed by atoms with E-state index in [0.29, 0.717) is 12.8 Å². The monoisotopic (exact) mass is 583 g/mol. The van der Waals surface area contributed by atoms with Crippen molar-refractivity contribution in [3.63, 3.8) is 0 Å². The highest BCUT2D eigenvalue weighted by molar-refractivity contribution is 5.91. The molecule has 2 aliphatic heterocycles. The van der Waals surface area contributed by atoms with Crippen molar-refractivity contribution in [1.29, 1.82) is 0 Å². The summed E-state index contributed by atoms with van der Waals surface area (Å²) in [5.41, 5.74) is 0.872. The molecule has 0 unspecified atom stereocenters. The molecule has 4 N–H and O–H groups in total. The Kier molecular flexibility index (Phi) is 14.1. The van der Waals surface area contributed by atoms with Crippen molar-refractivity contribution in [1.82, 2.24) is 4.90 Å². The van der Waals surface area contributed by atoms with Crippen molar-refractivity contribution in [2.24, 2.45) is 23.7 Å². The standard InChI is InChI=1S/C31H53NO9/c1-9-25-19(4)14-17(2)10-11-23(34)18(3)15-22(12-13-33)30(20(5)24(35)16-26(36)40-25)41-31-29(38)27(32(7)8)28(37)21(6)39-31/h10-11,14,18-22,24-25,27-31,33,35,37-38H,9,12-13,15-16H2,1-8H3/b11-10+,17-14+/t18-,19+,20+,21-,22+,24-,25-,27+,28-,29-,30-,31+/m1/s1. The van der Waals surface area contributed by atoms with Crippen LogP contribution in [0.1, 0.15) is 67.2 Å². The molecule has 236 valence electrons. The minimum Gasteiger partial charge on any atom is -0.462 e. The zero-order chi connectivity index (χ0) is 31.0. The van der Waals surface area contributed by atoms with Crippen molar-refractivity contribution < 1.29 is 44.2 Å². The molecular weight excluding hydrogens is 530 g/mol. The van der Waals surface area contributed by atoms with E-state index in [9.17, 15) is 30.0 Å². The molecule has 0 aliphatic carbocycles. The summed E-state index contributed by atoms with van der Waals surface area (Å²) in [5.74, 6) is -2.20. The number of hydrogen-bond donors (Lipinski definition) is 4. The molecule has 2 rings (SSSR count). The van der Waals surface area contributed by atoms with Gasteiger partial charge in [-0.25, -0.2) is 0 Å². The Morgan fingerprint density at radius 2 is 1.71 bits per heavy atom. The highest BCUT2D eigenvalue weighted by Gasteiger charge is 2.47. The number of likely N-dealkylation sites (N-methyl/N-ethyl adjacent to an activating group) is 1. The third kappa shape index (κ3) is 9.68. The van der Waals surface area contributed by atoms with Crippen LogP contribution in [-0.2, 0) is 23.8 Å². The van der Waals surface area contributed by atoms with Gasteiger partial charge in [-0.05, 0) is 59.2 Å². The van der Waals surface area contributed by atoms with Crippen LogP contribution in [0, 0.1) is 23.7 Å². The van der Waals surface area contributed by atoms with E-state index >= 15 is 0 Å². The van der Waals surface area contributed by atoms with Crippen LogP contribution in [0.3, 0.4) is 0 Å². The van der Waals surface area contributed by atoms with E-state index in [0.717, 1.165) is 5.57 Å². The SMILES string of the molecule is CC[C@H]1OC(=O)C[C@@H](O)[C@H](C)[C@@H](O[C@@H]2O[C@H](C)[C@@H](O)[C@H](N(C)C)[C@H]2O)[C@@H](CCO)C[C@@H](C)C(=O)/C=C/C(C)=C/[C@@H]1C. The summed E-state index contributed by atoms with van der Waals surface area (Å²) in [7, 11) is 3.49. The zero-order valence-electron chi connectivity index (χ0n) is 26.0. The lowest BCUT2D eigenvalue weighted by molar-refractivity contribution is -0.304. The number of hydrogen-bond acceptors (Lipinski definition) is 10. The number of esters is 1. The first-order chi connectivity index (χ1) is 19.2. The van der Waals surface area contributed by atoms with Crippen LogP contribution < -0.4 is 0 Å². The van der Waals surface area contributed by atoms with E-state index in [1.807, 2.05) is 33.8 Å². The fraction of sp³-hybridized carbons (Fsp3) is 0.806. The lowest BCUT2D eigenvalue weighted by Gasteiger charge is -2.46. The highest BCUT2D eigenvalue weighted by Crippen LogP contribution is 2.34. The number of carbonyl (C=O) groups is 2. The molecule has 0 bridgehead atoms. The third-order valence-corrected chi connectivity index (χ3v) is 8.61. The number of aliphatic hydroxyl groups is 4. The van der Waals surface area contributed by atoms with E-state index in [1.54, 1.807) is 45.0 Å². The first-order valence-corrected chi connectivity index (χ1v) is 14.9. The molecule has 10 heteroatoms. The molecule has 1 saturated heterocycles. The Morgan fingerprint density at radius 3 is 2.29 bits per heavy atom. The fourth-order valence-corrected chi connectivity index (χ4v) is 6.02. The second kappa shape index (κ2) is 16.3. The van der Waals surface area contributed by atoms with Gasteiger partial charge in [0.2, 0.25) is 0 Å². The summed E-state index contributed by atoms with van der Waals surface area (Å²) < 4.78 is 18.1. The molecule has 1 fully saturated rings. The van der Waals surface area contributed by atoms with Gasteiger partial charge in [0.05, 0.1) is 36.9 Å². The Hall–Kier alpha value is -1.66. The van der Waals surface area contributed by atoms with E-state index < -0.39 is 72.7 Å². The van der Waals surface area contributed by atoms with Gasteiger partial charge in [-0.2, -0.15) is 0 Å². The van der Waals surface area contributed by atoms with Gasteiger partial charge in [-0.15, -0.1) is 0 Å². The van der Waals surface area contributed by atoms with Crippen LogP contribution in [0.15, 0.2) is 23.8 Å². The molecule has 0 radical (unpaired) electrons. The number of ether oxygens (including phenoxy) is 3. The Balaban J connectivity index is 2.49. The topological polar surface area (TPSA) is 146 Å². The molecule has 2 aliphatic rings. The number of allylic oxidation sites excluding steroid dienone is 3. The maximum Gasteiger partial charge on any atom is 0.308 e. The smallest absolute Gasteiger partial charge is 0.308 e. The summed E-state index contributed by atoms with van der Waals surface area (Å²) in [6.45, 7) is 10.8. The number of carbonyl (C=O) groups excluding carboxylic acids is 2. The predicted octanol–water partition coefficient (Wildman–Crippen LogP) is 2.22. The number of nitrogens with zero attached hydrogens (tertiary/aromatic N) is 1. The lowest BCUT2D eigenvalue weighted by Crippen LogP contribution is -2.63. The van der Waals surface area contributed by atoms with Crippen LogP contribution in [0.5, 0.6) is 0 Å². The van der Waals surface area contributed by atoms with Crippen LogP contribution in [-0.4, -0.2) is 107 Å². The molecule has 0 aromatic carbocycles. The van der Waals surface area contributed by atoms with Crippen molar-refractivity contribution in [2.75, 3.05) is 20.7 Å². The average molecular weight is 584 g/mol. The molecule has 12 atom stereocenters. The second-order valence-corrected chi connectivity index (χ2v) is 12.2. The van der Waals surface area contributed by atoms with Gasteiger partial charge in [-0.3, -0.25) is 9.59 Å². The average Bonchev–Trinajstić information content (AvgIpc) is 2.90. The number of aliphatic hydroxyl groups excluding tert-OH is 4. The summed E-state index contributed by atoms with van der Waals surface area (Å²) in [6, 6.07) is -0.670. The van der Waals surface area contributed by atoms with Gasteiger partial charge < -0.3 is 39.5 Å². The van der Waals surface area contributed by atoms with Crippen molar-refractivity contribution in [3.05, 3.63) is 23.8 Å². The van der Waals surface area contributed by atoms with E-state index in [4.69, 9.17) is 14.2 Å². The van der Waals surface area contributed by atoms with Crippen LogP contribution in [0.2, 0.25) is 0 Å². The molecule has 41 heavy (non-hydrogen) atoms. The van der Waals surface area contributed by atoms with E-state index in [1.165, 1.54) is 0 Å². The van der Waals surface area contributed by atoms with Crippen LogP contribution in [0.4, 0.5) is 0 Å². The van der Waals surface area contributed by atoms with Gasteiger partial charge in [0.25, 0.3) is 0 Å². The van der Waals surface area contributed by atoms with Gasteiger partial charge >= 0.3 is 5.97 Å². The van der Waals surface area contributed by atoms with Crippen molar-refractivity contribution >= 4 is 11.8 Å². The van der Waals surface area contributed by atoms with E-state index in [-0.39, 0.29) is 31.1 Å². The molecule has 0 amide bonds. The predicted molar refractivity (Wildman–Crippen MR) is 155 cm³/mol. The minimum atomic E-state index is -1.22. The second-order valence-electron chi connectivity index (χ2n) is 12.2. The molecule has 2 heterocycles. The Morgan fingerprint density at radius 1 is 1.05 bits per heavy atom. The van der Waals surface area contributed by atoms with Gasteiger partial charge in [0.15, 0.2) is 12.1 Å². The molecular formula is C31H53NO9. The Labute approximate surface area is 245 Å².